The highest BCUT2D eigenvalue weighted by Gasteiger charge is 2.29. The van der Waals surface area contributed by atoms with Crippen LogP contribution in [-0.2, 0) is 4.74 Å². The molecule has 0 N–H and O–H groups in total. The molecule has 10 heavy (non-hydrogen) atoms. The summed E-state index contributed by atoms with van der Waals surface area (Å²) >= 11 is 0. The highest BCUT2D eigenvalue weighted by Crippen LogP contribution is 2.15. The van der Waals surface area contributed by atoms with E-state index < -0.39 is 0 Å². The molecule has 58 valence electrons. The van der Waals surface area contributed by atoms with Crippen LogP contribution in [0.5, 0.6) is 0 Å². The van der Waals surface area contributed by atoms with Crippen LogP contribution in [0.2, 0.25) is 0 Å². The topological polar surface area (TPSA) is 29.5 Å². The Morgan fingerprint density at radius 3 is 2.50 bits per heavy atom. The minimum Gasteiger partial charge on any atom is -0.444 e. The first-order valence-corrected chi connectivity index (χ1v) is 3.53. The molecule has 3 heteroatoms. The van der Waals surface area contributed by atoms with Crippen LogP contribution in [-0.4, -0.2) is 30.7 Å². The van der Waals surface area contributed by atoms with Gasteiger partial charge in [-0.2, -0.15) is 0 Å². The largest absolute Gasteiger partial charge is 0.444 e. The molecule has 0 spiro atoms. The first-order valence-electron chi connectivity index (χ1n) is 3.53. The molecule has 1 saturated heterocycles. The van der Waals surface area contributed by atoms with Gasteiger partial charge in [0.15, 0.2) is 0 Å². The monoisotopic (exact) mass is 143 g/mol. The molecule has 3 nitrogen and oxygen atoms in total. The van der Waals surface area contributed by atoms with E-state index in [-0.39, 0.29) is 12.2 Å². The van der Waals surface area contributed by atoms with Gasteiger partial charge in [-0.05, 0) is 5.92 Å². The number of hydrogen-bond donors (Lipinski definition) is 0. The average Bonchev–Trinajstić information content (AvgIpc) is 2.13. The van der Waals surface area contributed by atoms with Gasteiger partial charge in [0.1, 0.15) is 6.10 Å². The number of amides is 1. The molecule has 1 heterocycles. The summed E-state index contributed by atoms with van der Waals surface area (Å²) in [7, 11) is 1.75. The lowest BCUT2D eigenvalue weighted by Gasteiger charge is -2.10. The maximum absolute atomic E-state index is 10.8. The fourth-order valence-corrected chi connectivity index (χ4v) is 0.948. The van der Waals surface area contributed by atoms with Crippen LogP contribution in [0.1, 0.15) is 13.8 Å². The summed E-state index contributed by atoms with van der Waals surface area (Å²) in [6, 6.07) is 0. The van der Waals surface area contributed by atoms with E-state index >= 15 is 0 Å². The van der Waals surface area contributed by atoms with Gasteiger partial charge in [-0.15, -0.1) is 0 Å². The third kappa shape index (κ3) is 1.23. The van der Waals surface area contributed by atoms with Gasteiger partial charge in [-0.1, -0.05) is 13.8 Å². The molecule has 1 amide bonds. The van der Waals surface area contributed by atoms with Gasteiger partial charge in [-0.3, -0.25) is 0 Å². The number of hydrogen-bond acceptors (Lipinski definition) is 2. The third-order valence-corrected chi connectivity index (χ3v) is 1.76. The second kappa shape index (κ2) is 2.48. The van der Waals surface area contributed by atoms with E-state index in [0.717, 1.165) is 6.54 Å². The zero-order chi connectivity index (χ0) is 7.72. The highest BCUT2D eigenvalue weighted by molar-refractivity contribution is 5.69. The Morgan fingerprint density at radius 2 is 2.30 bits per heavy atom. The molecular formula is C7H13NO2. The molecule has 0 radical (unpaired) electrons. The Bertz CT molecular complexity index is 145. The molecular weight excluding hydrogens is 130 g/mol. The van der Waals surface area contributed by atoms with Crippen molar-refractivity contribution in [2.45, 2.75) is 20.0 Å². The predicted octanol–water partition coefficient (Wildman–Crippen LogP) is 1.09. The number of ether oxygens (including phenoxy) is 1. The smallest absolute Gasteiger partial charge is 0.409 e. The maximum Gasteiger partial charge on any atom is 0.409 e. The van der Waals surface area contributed by atoms with Crippen LogP contribution in [0.3, 0.4) is 0 Å². The van der Waals surface area contributed by atoms with E-state index in [1.165, 1.54) is 0 Å². The van der Waals surface area contributed by atoms with Crippen molar-refractivity contribution in [3.63, 3.8) is 0 Å². The van der Waals surface area contributed by atoms with Gasteiger partial charge < -0.3 is 9.64 Å². The van der Waals surface area contributed by atoms with Crippen LogP contribution in [0.4, 0.5) is 4.79 Å². The average molecular weight is 143 g/mol. The van der Waals surface area contributed by atoms with Crippen molar-refractivity contribution >= 4 is 6.09 Å². The first kappa shape index (κ1) is 7.38. The first-order chi connectivity index (χ1) is 4.61. The Labute approximate surface area is 61.0 Å². The molecule has 0 aromatic rings. The molecule has 0 saturated carbocycles. The molecule has 0 bridgehead atoms. The zero-order valence-electron chi connectivity index (χ0n) is 6.63. The van der Waals surface area contributed by atoms with E-state index in [9.17, 15) is 4.79 Å². The Hall–Kier alpha value is -0.730. The zero-order valence-corrected chi connectivity index (χ0v) is 6.63. The molecule has 0 aliphatic carbocycles. The molecule has 1 aliphatic heterocycles. The van der Waals surface area contributed by atoms with Gasteiger partial charge in [0.05, 0.1) is 6.54 Å². The molecule has 0 aromatic heterocycles. The van der Waals surface area contributed by atoms with Crippen molar-refractivity contribution < 1.29 is 9.53 Å². The summed E-state index contributed by atoms with van der Waals surface area (Å²) in [5, 5.41) is 0. The number of likely N-dealkylation sites (N-methyl/N-ethyl adjacent to an activating group) is 1. The molecule has 1 atom stereocenters. The van der Waals surface area contributed by atoms with Gasteiger partial charge in [-0.25, -0.2) is 4.79 Å². The van der Waals surface area contributed by atoms with Gasteiger partial charge >= 0.3 is 6.09 Å². The summed E-state index contributed by atoms with van der Waals surface area (Å²) in [5.41, 5.74) is 0. The second-order valence-corrected chi connectivity index (χ2v) is 3.05. The van der Waals surface area contributed by atoms with Crippen molar-refractivity contribution in [3.8, 4) is 0 Å². The van der Waals surface area contributed by atoms with Crippen molar-refractivity contribution in [2.75, 3.05) is 13.6 Å². The summed E-state index contributed by atoms with van der Waals surface area (Å²) in [4.78, 5) is 12.4. The quantitative estimate of drug-likeness (QED) is 0.550. The summed E-state index contributed by atoms with van der Waals surface area (Å²) in [6.07, 6.45) is -0.101. The number of carbonyl (C=O) groups excluding carboxylic acids is 1. The van der Waals surface area contributed by atoms with Crippen molar-refractivity contribution in [2.24, 2.45) is 5.92 Å². The molecule has 1 fully saturated rings. The lowest BCUT2D eigenvalue weighted by molar-refractivity contribution is 0.113. The molecule has 0 aromatic carbocycles. The third-order valence-electron chi connectivity index (χ3n) is 1.76. The van der Waals surface area contributed by atoms with Gasteiger partial charge in [0.25, 0.3) is 0 Å². The minimum absolute atomic E-state index is 0.0949. The Morgan fingerprint density at radius 1 is 1.70 bits per heavy atom. The van der Waals surface area contributed by atoms with E-state index in [1.807, 2.05) is 0 Å². The van der Waals surface area contributed by atoms with Crippen molar-refractivity contribution in [3.05, 3.63) is 0 Å². The van der Waals surface area contributed by atoms with Gasteiger partial charge in [0, 0.05) is 7.05 Å². The number of rotatable bonds is 1. The fraction of sp³-hybridized carbons (Fsp3) is 0.857. The molecule has 1 rings (SSSR count). The van der Waals surface area contributed by atoms with Gasteiger partial charge in [0.2, 0.25) is 0 Å². The molecule has 1 aliphatic rings. The van der Waals surface area contributed by atoms with Crippen LogP contribution >= 0.6 is 0 Å². The summed E-state index contributed by atoms with van der Waals surface area (Å²) < 4.78 is 5.02. The van der Waals surface area contributed by atoms with Crippen molar-refractivity contribution in [1.82, 2.24) is 4.90 Å². The lowest BCUT2D eigenvalue weighted by atomic mass is 10.1. The summed E-state index contributed by atoms with van der Waals surface area (Å²) in [6.45, 7) is 4.84. The predicted molar refractivity (Wildman–Crippen MR) is 37.7 cm³/mol. The van der Waals surface area contributed by atoms with Crippen LogP contribution in [0, 0.1) is 5.92 Å². The molecule has 0 unspecified atom stereocenters. The summed E-state index contributed by atoms with van der Waals surface area (Å²) in [5.74, 6) is 0.425. The Kier molecular flexibility index (Phi) is 1.83. The minimum atomic E-state index is -0.196. The SMILES string of the molecule is CC(C)[C@@H]1CN(C)C(=O)O1. The van der Waals surface area contributed by atoms with E-state index in [1.54, 1.807) is 11.9 Å². The number of carbonyl (C=O) groups is 1. The maximum atomic E-state index is 10.8. The number of nitrogens with zero attached hydrogens (tertiary/aromatic N) is 1. The number of cyclic esters (lactones) is 1. The van der Waals surface area contributed by atoms with Crippen LogP contribution in [0.15, 0.2) is 0 Å². The highest BCUT2D eigenvalue weighted by atomic mass is 16.6. The van der Waals surface area contributed by atoms with Crippen molar-refractivity contribution in [1.29, 1.82) is 0 Å². The van der Waals surface area contributed by atoms with E-state index in [4.69, 9.17) is 4.74 Å². The van der Waals surface area contributed by atoms with E-state index in [2.05, 4.69) is 13.8 Å². The lowest BCUT2D eigenvalue weighted by Crippen LogP contribution is -2.21. The normalized spacial score (nSPS) is 25.8. The van der Waals surface area contributed by atoms with E-state index in [0.29, 0.717) is 5.92 Å². The standard InChI is InChI=1S/C7H13NO2/c1-5(2)6-4-8(3)7(9)10-6/h5-6H,4H2,1-3H3/t6-/m0/s1. The fourth-order valence-electron chi connectivity index (χ4n) is 0.948. The van der Waals surface area contributed by atoms with Crippen LogP contribution < -0.4 is 0 Å². The second-order valence-electron chi connectivity index (χ2n) is 3.05. The Balaban J connectivity index is 2.49. The van der Waals surface area contributed by atoms with Crippen LogP contribution in [0.25, 0.3) is 0 Å².